The lowest BCUT2D eigenvalue weighted by atomic mass is 9.80. The Bertz CT molecular complexity index is 969. The van der Waals surface area contributed by atoms with E-state index in [-0.39, 0.29) is 6.61 Å². The third kappa shape index (κ3) is 6.09. The Morgan fingerprint density at radius 2 is 1.24 bits per heavy atom. The van der Waals surface area contributed by atoms with Crippen molar-refractivity contribution in [1.29, 1.82) is 0 Å². The highest BCUT2D eigenvalue weighted by molar-refractivity contribution is 5.27. The van der Waals surface area contributed by atoms with E-state index in [1.165, 1.54) is 0 Å². The van der Waals surface area contributed by atoms with E-state index in [4.69, 9.17) is 28.4 Å². The van der Waals surface area contributed by atoms with E-state index >= 15 is 0 Å². The summed E-state index contributed by atoms with van der Waals surface area (Å²) in [5, 5.41) is 104. The predicted octanol–water partition coefficient (Wildman–Crippen LogP) is -5.00. The fourth-order valence-electron chi connectivity index (χ4n) is 5.57. The molecule has 0 aromatic heterocycles. The molecule has 0 radical (unpaired) electrons. The van der Waals surface area contributed by atoms with Crippen LogP contribution in [-0.2, 0) is 34.0 Å². The molecule has 3 saturated heterocycles. The molecule has 15 atom stereocenters. The zero-order chi connectivity index (χ0) is 30.8. The van der Waals surface area contributed by atoms with E-state index in [2.05, 4.69) is 0 Å². The minimum atomic E-state index is -1.92. The molecule has 4 rings (SSSR count). The largest absolute Gasteiger partial charge is 0.394 e. The van der Waals surface area contributed by atoms with E-state index in [1.807, 2.05) is 0 Å². The van der Waals surface area contributed by atoms with Crippen LogP contribution in [0.1, 0.15) is 12.5 Å². The van der Waals surface area contributed by atoms with Gasteiger partial charge in [-0.05, 0) is 12.5 Å². The fraction of sp³-hybridized carbons (Fsp3) is 0.769. The molecule has 10 N–H and O–H groups in total. The number of hydrogen-bond donors (Lipinski definition) is 10. The van der Waals surface area contributed by atoms with Crippen LogP contribution in [0.25, 0.3) is 0 Å². The van der Waals surface area contributed by atoms with Crippen molar-refractivity contribution in [2.75, 3.05) is 26.4 Å². The highest BCUT2D eigenvalue weighted by Crippen LogP contribution is 2.44. The maximum atomic E-state index is 11.3. The zero-order valence-electron chi connectivity index (χ0n) is 22.7. The summed E-state index contributed by atoms with van der Waals surface area (Å²) in [5.41, 5.74) is -1.59. The Hall–Kier alpha value is -1.42. The third-order valence-electron chi connectivity index (χ3n) is 7.81. The summed E-state index contributed by atoms with van der Waals surface area (Å²) in [5.74, 6) is 0. The maximum absolute atomic E-state index is 11.3. The first-order valence-corrected chi connectivity index (χ1v) is 13.6. The van der Waals surface area contributed by atoms with Gasteiger partial charge in [0.05, 0.1) is 19.8 Å². The molecule has 42 heavy (non-hydrogen) atoms. The molecule has 240 valence electrons. The van der Waals surface area contributed by atoms with Crippen molar-refractivity contribution in [3.05, 3.63) is 35.9 Å². The van der Waals surface area contributed by atoms with Crippen LogP contribution in [0, 0.1) is 0 Å². The summed E-state index contributed by atoms with van der Waals surface area (Å²) in [6, 6.07) is 8.16. The zero-order valence-corrected chi connectivity index (χ0v) is 22.7. The first-order valence-electron chi connectivity index (χ1n) is 13.6. The molecular weight excluding hydrogens is 568 g/mol. The second-order valence-corrected chi connectivity index (χ2v) is 10.4. The molecule has 16 heteroatoms. The average molecular weight is 609 g/mol. The topological polar surface area (TPSA) is 258 Å². The van der Waals surface area contributed by atoms with Gasteiger partial charge in [-0.15, -0.1) is 0 Å². The number of ether oxygens (including phenoxy) is 6. The number of benzene rings is 1. The van der Waals surface area contributed by atoms with Crippen molar-refractivity contribution in [2.45, 2.75) is 98.5 Å². The molecule has 0 spiro atoms. The molecule has 0 saturated carbocycles. The van der Waals surface area contributed by atoms with E-state index in [1.54, 1.807) is 37.3 Å². The molecule has 1 unspecified atom stereocenters. The molecule has 0 amide bonds. The minimum Gasteiger partial charge on any atom is -0.394 e. The summed E-state index contributed by atoms with van der Waals surface area (Å²) in [7, 11) is 0. The Balaban J connectivity index is 1.62. The third-order valence-corrected chi connectivity index (χ3v) is 7.81. The van der Waals surface area contributed by atoms with E-state index in [9.17, 15) is 51.1 Å². The van der Waals surface area contributed by atoms with Gasteiger partial charge in [0, 0.05) is 6.61 Å². The number of aliphatic hydroxyl groups excluding tert-OH is 10. The normalized spacial score (nSPS) is 46.5. The highest BCUT2D eigenvalue weighted by atomic mass is 16.8. The molecule has 3 heterocycles. The lowest BCUT2D eigenvalue weighted by Gasteiger charge is -2.53. The van der Waals surface area contributed by atoms with Gasteiger partial charge >= 0.3 is 0 Å². The standard InChI is InChI=1S/C26H40O16/c1-2-37-26(11-6-4-3-5-7-11)22(35)15(30)12(8-27)40-25(26)42-21-14(10-29)39-24(19(34)17(21)32)41-20-13(9-28)38-23(36)18(33)16(20)31/h3-7,12-25,27-36H,2,8-10H2,1H3/t12-,13-,14-,15-,16-,17-,18-,19-,20-,21-,22+,23?,24-,25-,26-/m1/s1. The van der Waals surface area contributed by atoms with E-state index < -0.39 is 111 Å². The van der Waals surface area contributed by atoms with Crippen molar-refractivity contribution in [1.82, 2.24) is 0 Å². The second kappa shape index (κ2) is 14.1. The van der Waals surface area contributed by atoms with Gasteiger partial charge in [0.1, 0.15) is 67.1 Å². The molecule has 0 bridgehead atoms. The van der Waals surface area contributed by atoms with Gasteiger partial charge in [-0.25, -0.2) is 0 Å². The molecule has 3 aliphatic rings. The second-order valence-electron chi connectivity index (χ2n) is 10.4. The Morgan fingerprint density at radius 3 is 1.83 bits per heavy atom. The van der Waals surface area contributed by atoms with Crippen molar-refractivity contribution in [2.24, 2.45) is 0 Å². The van der Waals surface area contributed by atoms with Gasteiger partial charge in [0.2, 0.25) is 0 Å². The molecule has 3 fully saturated rings. The first kappa shape index (κ1) is 33.5. The smallest absolute Gasteiger partial charge is 0.194 e. The molecule has 16 nitrogen and oxygen atoms in total. The van der Waals surface area contributed by atoms with Gasteiger partial charge in [0.15, 0.2) is 24.5 Å². The first-order chi connectivity index (χ1) is 20.0. The van der Waals surface area contributed by atoms with Crippen molar-refractivity contribution in [3.63, 3.8) is 0 Å². The van der Waals surface area contributed by atoms with Gasteiger partial charge in [-0.3, -0.25) is 0 Å². The van der Waals surface area contributed by atoms with Crippen LogP contribution in [0.15, 0.2) is 30.3 Å². The van der Waals surface area contributed by atoms with Crippen LogP contribution in [0.4, 0.5) is 0 Å². The monoisotopic (exact) mass is 608 g/mol. The highest BCUT2D eigenvalue weighted by Gasteiger charge is 2.60. The Labute approximate surface area is 240 Å². The van der Waals surface area contributed by atoms with Crippen LogP contribution in [0.3, 0.4) is 0 Å². The minimum absolute atomic E-state index is 0.00423. The van der Waals surface area contributed by atoms with Crippen molar-refractivity contribution >= 4 is 0 Å². The van der Waals surface area contributed by atoms with Crippen LogP contribution < -0.4 is 0 Å². The Morgan fingerprint density at radius 1 is 0.667 bits per heavy atom. The number of aliphatic hydroxyl groups is 10. The van der Waals surface area contributed by atoms with Crippen LogP contribution in [0.5, 0.6) is 0 Å². The van der Waals surface area contributed by atoms with Gasteiger partial charge in [0.25, 0.3) is 0 Å². The summed E-state index contributed by atoms with van der Waals surface area (Å²) in [6.45, 7) is -0.672. The summed E-state index contributed by atoms with van der Waals surface area (Å²) >= 11 is 0. The predicted molar refractivity (Wildman–Crippen MR) is 135 cm³/mol. The molecular formula is C26H40O16. The lowest BCUT2D eigenvalue weighted by Crippen LogP contribution is -2.69. The SMILES string of the molecule is CCO[C@@]1(c2ccccc2)[C@@H](O[C@H]2[C@H](O)[C@@H](O)[C@@H](O[C@H]3[C@H](O)[C@@H](O)C(O)O[C@@H]3CO)O[C@@H]2CO)O[C@H](CO)[C@@H](O)[C@@H]1O. The summed E-state index contributed by atoms with van der Waals surface area (Å²) in [4.78, 5) is 0. The van der Waals surface area contributed by atoms with Crippen molar-refractivity contribution < 1.29 is 79.5 Å². The van der Waals surface area contributed by atoms with Gasteiger partial charge in [-0.1, -0.05) is 30.3 Å². The molecule has 1 aromatic carbocycles. The van der Waals surface area contributed by atoms with Crippen LogP contribution in [0.2, 0.25) is 0 Å². The van der Waals surface area contributed by atoms with Gasteiger partial charge in [-0.2, -0.15) is 0 Å². The quantitative estimate of drug-likeness (QED) is 0.119. The van der Waals surface area contributed by atoms with Crippen molar-refractivity contribution in [3.8, 4) is 0 Å². The van der Waals surface area contributed by atoms with E-state index in [0.29, 0.717) is 5.56 Å². The summed E-state index contributed by atoms with van der Waals surface area (Å²) < 4.78 is 34.1. The fourth-order valence-corrected chi connectivity index (χ4v) is 5.57. The summed E-state index contributed by atoms with van der Waals surface area (Å²) in [6.07, 6.45) is -23.2. The Kier molecular flexibility index (Phi) is 11.3. The molecule has 3 aliphatic heterocycles. The number of hydrogen-bond acceptors (Lipinski definition) is 16. The van der Waals surface area contributed by atoms with E-state index in [0.717, 1.165) is 0 Å². The molecule has 1 aromatic rings. The van der Waals surface area contributed by atoms with Crippen LogP contribution in [-0.4, -0.2) is 164 Å². The maximum Gasteiger partial charge on any atom is 0.194 e. The number of rotatable bonds is 10. The average Bonchev–Trinajstić information content (AvgIpc) is 3.00. The lowest BCUT2D eigenvalue weighted by molar-refractivity contribution is -0.398. The molecule has 0 aliphatic carbocycles. The van der Waals surface area contributed by atoms with Gasteiger partial charge < -0.3 is 79.5 Å². The van der Waals surface area contributed by atoms with Crippen LogP contribution >= 0.6 is 0 Å².